The molecule has 0 atom stereocenters. The van der Waals surface area contributed by atoms with E-state index in [4.69, 9.17) is 15.2 Å². The zero-order valence-electron chi connectivity index (χ0n) is 9.94. The van der Waals surface area contributed by atoms with Crippen molar-refractivity contribution in [2.75, 3.05) is 13.7 Å². The SMILES string of the molecule is COc1ccc(C(=O)CN)cc1OC1CCC1. The third-order valence-electron chi connectivity index (χ3n) is 3.02. The van der Waals surface area contributed by atoms with Gasteiger partial charge in [0.1, 0.15) is 0 Å². The topological polar surface area (TPSA) is 61.5 Å². The monoisotopic (exact) mass is 235 g/mol. The van der Waals surface area contributed by atoms with Gasteiger partial charge in [0, 0.05) is 5.56 Å². The lowest BCUT2D eigenvalue weighted by molar-refractivity contribution is 0.0996. The van der Waals surface area contributed by atoms with E-state index in [0.717, 1.165) is 12.8 Å². The van der Waals surface area contributed by atoms with Crippen molar-refractivity contribution in [1.29, 1.82) is 0 Å². The van der Waals surface area contributed by atoms with Crippen LogP contribution in [0.15, 0.2) is 18.2 Å². The predicted molar refractivity (Wildman–Crippen MR) is 64.6 cm³/mol. The molecular formula is C13H17NO3. The molecule has 0 unspecified atom stereocenters. The molecule has 1 aromatic carbocycles. The first-order valence-electron chi connectivity index (χ1n) is 5.82. The molecule has 2 N–H and O–H groups in total. The summed E-state index contributed by atoms with van der Waals surface area (Å²) >= 11 is 0. The Kier molecular flexibility index (Phi) is 3.64. The summed E-state index contributed by atoms with van der Waals surface area (Å²) in [6.07, 6.45) is 3.59. The zero-order chi connectivity index (χ0) is 12.3. The van der Waals surface area contributed by atoms with Crippen molar-refractivity contribution in [1.82, 2.24) is 0 Å². The van der Waals surface area contributed by atoms with Gasteiger partial charge < -0.3 is 15.2 Å². The number of hydrogen-bond donors (Lipinski definition) is 1. The molecule has 1 saturated carbocycles. The molecule has 0 spiro atoms. The molecule has 1 aliphatic carbocycles. The zero-order valence-corrected chi connectivity index (χ0v) is 9.94. The number of hydrogen-bond acceptors (Lipinski definition) is 4. The van der Waals surface area contributed by atoms with Crippen molar-refractivity contribution < 1.29 is 14.3 Å². The number of benzene rings is 1. The van der Waals surface area contributed by atoms with Crippen molar-refractivity contribution in [2.24, 2.45) is 5.73 Å². The van der Waals surface area contributed by atoms with Gasteiger partial charge in [0.25, 0.3) is 0 Å². The van der Waals surface area contributed by atoms with E-state index in [2.05, 4.69) is 0 Å². The van der Waals surface area contributed by atoms with Crippen LogP contribution in [0.4, 0.5) is 0 Å². The largest absolute Gasteiger partial charge is 0.493 e. The number of carbonyl (C=O) groups is 1. The summed E-state index contributed by atoms with van der Waals surface area (Å²) in [5.74, 6) is 1.20. The van der Waals surface area contributed by atoms with Gasteiger partial charge in [-0.15, -0.1) is 0 Å². The van der Waals surface area contributed by atoms with Gasteiger partial charge in [0.05, 0.1) is 19.8 Å². The molecule has 17 heavy (non-hydrogen) atoms. The van der Waals surface area contributed by atoms with Gasteiger partial charge in [-0.3, -0.25) is 4.79 Å². The second-order valence-electron chi connectivity index (χ2n) is 4.16. The van der Waals surface area contributed by atoms with E-state index in [-0.39, 0.29) is 18.4 Å². The minimum Gasteiger partial charge on any atom is -0.493 e. The smallest absolute Gasteiger partial charge is 0.176 e. The van der Waals surface area contributed by atoms with Crippen molar-refractivity contribution in [3.8, 4) is 11.5 Å². The molecule has 4 heteroatoms. The summed E-state index contributed by atoms with van der Waals surface area (Å²) in [7, 11) is 1.59. The van der Waals surface area contributed by atoms with Crippen LogP contribution in [-0.4, -0.2) is 25.5 Å². The third kappa shape index (κ3) is 2.58. The van der Waals surface area contributed by atoms with Gasteiger partial charge in [0.2, 0.25) is 0 Å². The molecule has 1 aromatic rings. The van der Waals surface area contributed by atoms with E-state index in [1.165, 1.54) is 6.42 Å². The highest BCUT2D eigenvalue weighted by Crippen LogP contribution is 2.33. The second kappa shape index (κ2) is 5.19. The lowest BCUT2D eigenvalue weighted by Gasteiger charge is -2.27. The number of rotatable bonds is 5. The van der Waals surface area contributed by atoms with Crippen LogP contribution >= 0.6 is 0 Å². The Balaban J connectivity index is 2.22. The third-order valence-corrected chi connectivity index (χ3v) is 3.02. The molecule has 0 bridgehead atoms. The summed E-state index contributed by atoms with van der Waals surface area (Å²) in [4.78, 5) is 11.5. The molecule has 0 saturated heterocycles. The lowest BCUT2D eigenvalue weighted by atomic mass is 9.96. The molecule has 0 amide bonds. The Bertz CT molecular complexity index is 413. The number of methoxy groups -OCH3 is 1. The summed E-state index contributed by atoms with van der Waals surface area (Å²) in [5.41, 5.74) is 5.91. The minimum atomic E-state index is -0.0916. The summed E-state index contributed by atoms with van der Waals surface area (Å²) < 4.78 is 11.0. The van der Waals surface area contributed by atoms with E-state index >= 15 is 0 Å². The van der Waals surface area contributed by atoms with Crippen LogP contribution in [-0.2, 0) is 0 Å². The average Bonchev–Trinajstić information content (AvgIpc) is 2.32. The maximum absolute atomic E-state index is 11.5. The van der Waals surface area contributed by atoms with Gasteiger partial charge in [-0.2, -0.15) is 0 Å². The Morgan fingerprint density at radius 1 is 1.41 bits per heavy atom. The van der Waals surface area contributed by atoms with Crippen molar-refractivity contribution in [2.45, 2.75) is 25.4 Å². The number of nitrogens with two attached hydrogens (primary N) is 1. The maximum Gasteiger partial charge on any atom is 0.176 e. The number of ketones is 1. The minimum absolute atomic E-state index is 0.00912. The standard InChI is InChI=1S/C13H17NO3/c1-16-12-6-5-9(11(15)8-14)7-13(12)17-10-3-2-4-10/h5-7,10H,2-4,8,14H2,1H3. The Morgan fingerprint density at radius 2 is 2.18 bits per heavy atom. The quantitative estimate of drug-likeness (QED) is 0.790. The van der Waals surface area contributed by atoms with Crippen molar-refractivity contribution >= 4 is 5.78 Å². The van der Waals surface area contributed by atoms with Crippen LogP contribution in [0.2, 0.25) is 0 Å². The molecule has 2 rings (SSSR count). The molecule has 1 fully saturated rings. The molecule has 92 valence electrons. The summed E-state index contributed by atoms with van der Waals surface area (Å²) in [6.45, 7) is 0.00912. The summed E-state index contributed by atoms with van der Waals surface area (Å²) in [5, 5.41) is 0. The van der Waals surface area contributed by atoms with Crippen LogP contribution < -0.4 is 15.2 Å². The number of ether oxygens (including phenoxy) is 2. The highest BCUT2D eigenvalue weighted by molar-refractivity contribution is 5.98. The van der Waals surface area contributed by atoms with E-state index in [1.807, 2.05) is 0 Å². The fourth-order valence-corrected chi connectivity index (χ4v) is 1.73. The van der Waals surface area contributed by atoms with Gasteiger partial charge >= 0.3 is 0 Å². The van der Waals surface area contributed by atoms with E-state index in [0.29, 0.717) is 17.1 Å². The maximum atomic E-state index is 11.5. The van der Waals surface area contributed by atoms with E-state index in [9.17, 15) is 4.79 Å². The Labute approximate surface area is 101 Å². The highest BCUT2D eigenvalue weighted by atomic mass is 16.5. The van der Waals surface area contributed by atoms with Gasteiger partial charge in [-0.25, -0.2) is 0 Å². The van der Waals surface area contributed by atoms with Crippen molar-refractivity contribution in [3.05, 3.63) is 23.8 Å². The number of carbonyl (C=O) groups excluding carboxylic acids is 1. The first-order valence-corrected chi connectivity index (χ1v) is 5.82. The fraction of sp³-hybridized carbons (Fsp3) is 0.462. The molecule has 0 aliphatic heterocycles. The molecule has 0 radical (unpaired) electrons. The molecule has 0 aromatic heterocycles. The van der Waals surface area contributed by atoms with Crippen LogP contribution in [0.5, 0.6) is 11.5 Å². The normalized spacial score (nSPS) is 15.2. The summed E-state index contributed by atoms with van der Waals surface area (Å²) in [6, 6.07) is 5.17. The average molecular weight is 235 g/mol. The second-order valence-corrected chi connectivity index (χ2v) is 4.16. The highest BCUT2D eigenvalue weighted by Gasteiger charge is 2.21. The van der Waals surface area contributed by atoms with E-state index < -0.39 is 0 Å². The Hall–Kier alpha value is -1.55. The predicted octanol–water partition coefficient (Wildman–Crippen LogP) is 1.77. The molecule has 1 aliphatic rings. The van der Waals surface area contributed by atoms with Crippen LogP contribution in [0, 0.1) is 0 Å². The van der Waals surface area contributed by atoms with Crippen LogP contribution in [0.1, 0.15) is 29.6 Å². The first-order chi connectivity index (χ1) is 8.24. The lowest BCUT2D eigenvalue weighted by Crippen LogP contribution is -2.25. The van der Waals surface area contributed by atoms with Gasteiger partial charge in [-0.05, 0) is 37.5 Å². The molecule has 4 nitrogen and oxygen atoms in total. The van der Waals surface area contributed by atoms with Crippen LogP contribution in [0.25, 0.3) is 0 Å². The Morgan fingerprint density at radius 3 is 2.71 bits per heavy atom. The van der Waals surface area contributed by atoms with Crippen molar-refractivity contribution in [3.63, 3.8) is 0 Å². The van der Waals surface area contributed by atoms with Gasteiger partial charge in [-0.1, -0.05) is 0 Å². The van der Waals surface area contributed by atoms with E-state index in [1.54, 1.807) is 25.3 Å². The molecule has 0 heterocycles. The fourth-order valence-electron chi connectivity index (χ4n) is 1.73. The van der Waals surface area contributed by atoms with Crippen LogP contribution in [0.3, 0.4) is 0 Å². The first kappa shape index (κ1) is 11.9. The van der Waals surface area contributed by atoms with Gasteiger partial charge in [0.15, 0.2) is 17.3 Å². The number of Topliss-reactive ketones (excluding diaryl/α,β-unsaturated/α-hetero) is 1. The molecular weight excluding hydrogens is 218 g/mol.